The van der Waals surface area contributed by atoms with E-state index in [1.165, 1.54) is 31.2 Å². The summed E-state index contributed by atoms with van der Waals surface area (Å²) in [5.74, 6) is 0.720. The van der Waals surface area contributed by atoms with Crippen LogP contribution in [0, 0.1) is 0 Å². The molecule has 0 spiro atoms. The second kappa shape index (κ2) is 5.35. The van der Waals surface area contributed by atoms with E-state index in [0.29, 0.717) is 27.8 Å². The minimum absolute atomic E-state index is 0.122. The molecule has 0 radical (unpaired) electrons. The van der Waals surface area contributed by atoms with Crippen molar-refractivity contribution in [3.05, 3.63) is 45.6 Å². The van der Waals surface area contributed by atoms with Crippen molar-refractivity contribution in [3.8, 4) is 0 Å². The van der Waals surface area contributed by atoms with Crippen LogP contribution in [0.1, 0.15) is 42.7 Å². The highest BCUT2D eigenvalue weighted by atomic mass is 16.3. The van der Waals surface area contributed by atoms with Crippen molar-refractivity contribution in [1.82, 2.24) is 4.98 Å². The fourth-order valence-electron chi connectivity index (χ4n) is 3.49. The van der Waals surface area contributed by atoms with Crippen molar-refractivity contribution in [1.29, 1.82) is 0 Å². The van der Waals surface area contributed by atoms with Crippen molar-refractivity contribution in [2.75, 3.05) is 5.73 Å². The van der Waals surface area contributed by atoms with Crippen LogP contribution in [0.5, 0.6) is 0 Å². The molecule has 3 N–H and O–H groups in total. The lowest BCUT2D eigenvalue weighted by Gasteiger charge is -2.10. The summed E-state index contributed by atoms with van der Waals surface area (Å²) in [6.07, 6.45) is 4.85. The number of nitrogen functional groups attached to an aromatic ring is 1. The highest BCUT2D eigenvalue weighted by molar-refractivity contribution is 5.89. The Morgan fingerprint density at radius 3 is 2.74 bits per heavy atom. The molecule has 0 unspecified atom stereocenters. The number of anilines is 1. The Bertz CT molecular complexity index is 956. The number of benzene rings is 1. The number of nitrogens with two attached hydrogens (primary N) is 1. The van der Waals surface area contributed by atoms with E-state index in [2.05, 4.69) is 4.98 Å². The topological polar surface area (TPSA) is 89.4 Å². The molecule has 0 aliphatic heterocycles. The van der Waals surface area contributed by atoms with Gasteiger partial charge in [-0.2, -0.15) is 4.98 Å². The lowest BCUT2D eigenvalue weighted by atomic mass is 9.96. The molecule has 3 aromatic rings. The van der Waals surface area contributed by atoms with E-state index < -0.39 is 0 Å². The average Bonchev–Trinajstić information content (AvgIpc) is 3.09. The molecule has 0 amide bonds. The van der Waals surface area contributed by atoms with Gasteiger partial charge < -0.3 is 15.3 Å². The zero-order valence-electron chi connectivity index (χ0n) is 12.7. The van der Waals surface area contributed by atoms with E-state index in [0.717, 1.165) is 0 Å². The fraction of sp³-hybridized carbons (Fsp3) is 0.333. The number of pyridine rings is 1. The Balaban J connectivity index is 1.97. The maximum absolute atomic E-state index is 12.8. The average molecular weight is 310 g/mol. The van der Waals surface area contributed by atoms with Crippen molar-refractivity contribution in [3.63, 3.8) is 0 Å². The van der Waals surface area contributed by atoms with E-state index >= 15 is 0 Å². The van der Waals surface area contributed by atoms with Gasteiger partial charge in [-0.1, -0.05) is 18.9 Å². The summed E-state index contributed by atoms with van der Waals surface area (Å²) >= 11 is 0. The molecule has 5 nitrogen and oxygen atoms in total. The Kier molecular flexibility index (Phi) is 3.31. The van der Waals surface area contributed by atoms with Gasteiger partial charge in [-0.3, -0.25) is 4.79 Å². The normalized spacial score (nSPS) is 15.7. The molecule has 0 saturated heterocycles. The minimum Gasteiger partial charge on any atom is -0.437 e. The SMILES string of the molecule is Nc1nc2oc3ccc(C4CCCC4)cc3c(=O)c2cc1CO. The highest BCUT2D eigenvalue weighted by Gasteiger charge is 2.19. The lowest BCUT2D eigenvalue weighted by molar-refractivity contribution is 0.282. The summed E-state index contributed by atoms with van der Waals surface area (Å²) in [5, 5.41) is 10.2. The van der Waals surface area contributed by atoms with Gasteiger partial charge in [0.05, 0.1) is 17.4 Å². The monoisotopic (exact) mass is 310 g/mol. The Labute approximate surface area is 132 Å². The molecule has 23 heavy (non-hydrogen) atoms. The van der Waals surface area contributed by atoms with Gasteiger partial charge in [-0.05, 0) is 42.5 Å². The minimum atomic E-state index is -0.256. The molecule has 4 rings (SSSR count). The van der Waals surface area contributed by atoms with Crippen molar-refractivity contribution >= 4 is 27.9 Å². The van der Waals surface area contributed by atoms with E-state index in [1.54, 1.807) is 6.07 Å². The second-order valence-electron chi connectivity index (χ2n) is 6.21. The first-order valence-corrected chi connectivity index (χ1v) is 7.94. The standard InChI is InChI=1S/C18H18N2O3/c19-17-12(9-21)8-14-16(22)13-7-11(10-3-1-2-4-10)5-6-15(13)23-18(14)20-17/h5-8,10,21H,1-4,9H2,(H2,19,20). The summed E-state index contributed by atoms with van der Waals surface area (Å²) in [5.41, 5.74) is 8.02. The molecule has 1 aromatic carbocycles. The zero-order chi connectivity index (χ0) is 16.0. The van der Waals surface area contributed by atoms with E-state index in [4.69, 9.17) is 10.2 Å². The van der Waals surface area contributed by atoms with Gasteiger partial charge in [0.2, 0.25) is 11.1 Å². The summed E-state index contributed by atoms with van der Waals surface area (Å²) in [6, 6.07) is 7.41. The first-order valence-electron chi connectivity index (χ1n) is 7.94. The van der Waals surface area contributed by atoms with E-state index in [9.17, 15) is 9.90 Å². The maximum atomic E-state index is 12.8. The van der Waals surface area contributed by atoms with Gasteiger partial charge in [0.25, 0.3) is 0 Å². The number of fused-ring (bicyclic) bond motifs is 2. The first kappa shape index (κ1) is 14.2. The number of hydrogen-bond donors (Lipinski definition) is 2. The lowest BCUT2D eigenvalue weighted by Crippen LogP contribution is -2.07. The summed E-state index contributed by atoms with van der Waals surface area (Å²) in [6.45, 7) is -0.256. The Morgan fingerprint density at radius 1 is 1.22 bits per heavy atom. The summed E-state index contributed by atoms with van der Waals surface area (Å²) < 4.78 is 5.75. The number of aliphatic hydroxyl groups is 1. The van der Waals surface area contributed by atoms with Crippen LogP contribution in [-0.4, -0.2) is 10.1 Å². The van der Waals surface area contributed by atoms with Crippen molar-refractivity contribution < 1.29 is 9.52 Å². The molecule has 2 heterocycles. The number of aromatic nitrogens is 1. The third-order valence-corrected chi connectivity index (χ3v) is 4.80. The largest absolute Gasteiger partial charge is 0.437 e. The number of nitrogens with zero attached hydrogens (tertiary/aromatic N) is 1. The van der Waals surface area contributed by atoms with Gasteiger partial charge in [-0.25, -0.2) is 0 Å². The molecular formula is C18H18N2O3. The smallest absolute Gasteiger partial charge is 0.232 e. The third-order valence-electron chi connectivity index (χ3n) is 4.80. The van der Waals surface area contributed by atoms with Crippen molar-refractivity contribution in [2.45, 2.75) is 38.2 Å². The van der Waals surface area contributed by atoms with Crippen LogP contribution >= 0.6 is 0 Å². The molecule has 1 fully saturated rings. The first-order chi connectivity index (χ1) is 11.2. The molecule has 1 aliphatic rings. The Hall–Kier alpha value is -2.40. The van der Waals surface area contributed by atoms with Gasteiger partial charge in [0.1, 0.15) is 11.4 Å². The fourth-order valence-corrected chi connectivity index (χ4v) is 3.49. The third kappa shape index (κ3) is 2.28. The number of hydrogen-bond acceptors (Lipinski definition) is 5. The maximum Gasteiger partial charge on any atom is 0.232 e. The predicted octanol–water partition coefficient (Wildman–Crippen LogP) is 3.07. The second-order valence-corrected chi connectivity index (χ2v) is 6.21. The highest BCUT2D eigenvalue weighted by Crippen LogP contribution is 2.35. The summed E-state index contributed by atoms with van der Waals surface area (Å²) in [4.78, 5) is 16.9. The molecule has 0 bridgehead atoms. The predicted molar refractivity (Wildman–Crippen MR) is 89.3 cm³/mol. The zero-order valence-corrected chi connectivity index (χ0v) is 12.7. The van der Waals surface area contributed by atoms with Crippen LogP contribution in [-0.2, 0) is 6.61 Å². The molecule has 5 heteroatoms. The van der Waals surface area contributed by atoms with E-state index in [1.807, 2.05) is 18.2 Å². The van der Waals surface area contributed by atoms with Crippen LogP contribution in [0.4, 0.5) is 5.82 Å². The van der Waals surface area contributed by atoms with Crippen LogP contribution in [0.3, 0.4) is 0 Å². The number of rotatable bonds is 2. The number of aliphatic hydroxyl groups excluding tert-OH is 1. The molecule has 0 atom stereocenters. The quantitative estimate of drug-likeness (QED) is 0.710. The molecule has 2 aromatic heterocycles. The van der Waals surface area contributed by atoms with E-state index in [-0.39, 0.29) is 23.6 Å². The van der Waals surface area contributed by atoms with Crippen LogP contribution in [0.15, 0.2) is 33.5 Å². The Morgan fingerprint density at radius 2 is 2.00 bits per heavy atom. The molecule has 118 valence electrons. The van der Waals surface area contributed by atoms with Gasteiger partial charge >= 0.3 is 0 Å². The van der Waals surface area contributed by atoms with Crippen molar-refractivity contribution in [2.24, 2.45) is 0 Å². The van der Waals surface area contributed by atoms with Crippen LogP contribution in [0.25, 0.3) is 22.1 Å². The molecule has 1 saturated carbocycles. The van der Waals surface area contributed by atoms with Crippen LogP contribution < -0.4 is 11.2 Å². The molecular weight excluding hydrogens is 292 g/mol. The van der Waals surface area contributed by atoms with Gasteiger partial charge in [0, 0.05) is 5.56 Å². The summed E-state index contributed by atoms with van der Waals surface area (Å²) in [7, 11) is 0. The van der Waals surface area contributed by atoms with Crippen LogP contribution in [0.2, 0.25) is 0 Å². The van der Waals surface area contributed by atoms with Gasteiger partial charge in [-0.15, -0.1) is 0 Å². The van der Waals surface area contributed by atoms with Gasteiger partial charge in [0.15, 0.2) is 0 Å². The molecule has 1 aliphatic carbocycles.